The number of nitrogens with zero attached hydrogens (tertiary/aromatic N) is 1. The van der Waals surface area contributed by atoms with E-state index in [2.05, 4.69) is 0 Å². The molecule has 0 radical (unpaired) electrons. The zero-order valence-electron chi connectivity index (χ0n) is 11.6. The van der Waals surface area contributed by atoms with Gasteiger partial charge in [-0.3, -0.25) is 4.79 Å². The Balaban J connectivity index is 2.31. The van der Waals surface area contributed by atoms with Crippen molar-refractivity contribution in [2.24, 2.45) is 5.73 Å². The van der Waals surface area contributed by atoms with Crippen LogP contribution in [-0.4, -0.2) is 44.2 Å². The van der Waals surface area contributed by atoms with Crippen molar-refractivity contribution in [3.63, 3.8) is 0 Å². The molecule has 0 saturated carbocycles. The van der Waals surface area contributed by atoms with Crippen LogP contribution >= 0.6 is 0 Å². The summed E-state index contributed by atoms with van der Waals surface area (Å²) in [6.07, 6.45) is 0.853. The Morgan fingerprint density at radius 1 is 1.32 bits per heavy atom. The van der Waals surface area contributed by atoms with E-state index < -0.39 is 0 Å². The molecule has 5 heteroatoms. The first kappa shape index (κ1) is 13.7. The predicted molar refractivity (Wildman–Crippen MR) is 72.8 cm³/mol. The van der Waals surface area contributed by atoms with Crippen LogP contribution < -0.4 is 15.2 Å². The van der Waals surface area contributed by atoms with Crippen molar-refractivity contribution in [3.05, 3.63) is 23.3 Å². The minimum atomic E-state index is -0.0236. The van der Waals surface area contributed by atoms with Crippen LogP contribution in [0.25, 0.3) is 0 Å². The van der Waals surface area contributed by atoms with E-state index in [1.54, 1.807) is 31.3 Å². The molecule has 1 heterocycles. The second-order valence-corrected chi connectivity index (χ2v) is 4.81. The summed E-state index contributed by atoms with van der Waals surface area (Å²) in [5, 5.41) is 0. The van der Waals surface area contributed by atoms with Gasteiger partial charge in [0.2, 0.25) is 0 Å². The summed E-state index contributed by atoms with van der Waals surface area (Å²) >= 11 is 0. The molecule has 2 N–H and O–H groups in total. The first-order valence-corrected chi connectivity index (χ1v) is 6.34. The summed E-state index contributed by atoms with van der Waals surface area (Å²) in [5.41, 5.74) is 7.30. The Bertz CT molecular complexity index is 463. The van der Waals surface area contributed by atoms with E-state index in [1.165, 1.54) is 0 Å². The van der Waals surface area contributed by atoms with Crippen LogP contribution in [0.1, 0.15) is 22.3 Å². The summed E-state index contributed by atoms with van der Waals surface area (Å²) in [6, 6.07) is 3.59. The largest absolute Gasteiger partial charge is 0.496 e. The molecule has 1 saturated heterocycles. The van der Waals surface area contributed by atoms with Crippen LogP contribution in [0.5, 0.6) is 11.5 Å². The number of carbonyl (C=O) groups is 1. The Hall–Kier alpha value is -1.75. The number of nitrogens with two attached hydrogens (primary N) is 1. The molecule has 1 aromatic carbocycles. The van der Waals surface area contributed by atoms with E-state index in [4.69, 9.17) is 15.2 Å². The van der Waals surface area contributed by atoms with E-state index in [1.807, 2.05) is 6.92 Å². The van der Waals surface area contributed by atoms with Gasteiger partial charge in [-0.15, -0.1) is 0 Å². The zero-order valence-corrected chi connectivity index (χ0v) is 11.6. The van der Waals surface area contributed by atoms with Gasteiger partial charge in [-0.2, -0.15) is 0 Å². The number of methoxy groups -OCH3 is 2. The van der Waals surface area contributed by atoms with E-state index in [0.717, 1.165) is 12.0 Å². The molecule has 0 spiro atoms. The molecule has 1 amide bonds. The van der Waals surface area contributed by atoms with Gasteiger partial charge in [0.05, 0.1) is 14.2 Å². The smallest absolute Gasteiger partial charge is 0.254 e. The minimum absolute atomic E-state index is 0.0236. The van der Waals surface area contributed by atoms with E-state index in [0.29, 0.717) is 30.2 Å². The average Bonchev–Trinajstić information content (AvgIpc) is 2.85. The van der Waals surface area contributed by atoms with Gasteiger partial charge >= 0.3 is 0 Å². The van der Waals surface area contributed by atoms with Crippen molar-refractivity contribution in [2.45, 2.75) is 19.4 Å². The molecule has 19 heavy (non-hydrogen) atoms. The van der Waals surface area contributed by atoms with Gasteiger partial charge in [-0.25, -0.2) is 0 Å². The lowest BCUT2D eigenvalue weighted by Crippen LogP contribution is -2.31. The monoisotopic (exact) mass is 264 g/mol. The van der Waals surface area contributed by atoms with Gasteiger partial charge in [0.15, 0.2) is 0 Å². The molecule has 0 aliphatic carbocycles. The molecule has 0 aromatic heterocycles. The number of amides is 1. The third-order valence-corrected chi connectivity index (χ3v) is 3.51. The van der Waals surface area contributed by atoms with Crippen LogP contribution in [0.4, 0.5) is 0 Å². The number of benzene rings is 1. The first-order chi connectivity index (χ1) is 9.06. The van der Waals surface area contributed by atoms with Crippen LogP contribution in [0, 0.1) is 6.92 Å². The van der Waals surface area contributed by atoms with Gasteiger partial charge in [0, 0.05) is 30.3 Å². The fraction of sp³-hybridized carbons (Fsp3) is 0.500. The lowest BCUT2D eigenvalue weighted by atomic mass is 10.1. The maximum atomic E-state index is 12.4. The molecule has 104 valence electrons. The van der Waals surface area contributed by atoms with Crippen molar-refractivity contribution >= 4 is 5.91 Å². The van der Waals surface area contributed by atoms with Crippen LogP contribution in [0.3, 0.4) is 0 Å². The van der Waals surface area contributed by atoms with Gasteiger partial charge in [0.1, 0.15) is 11.5 Å². The highest BCUT2D eigenvalue weighted by molar-refractivity contribution is 5.95. The molecular formula is C14H20N2O3. The van der Waals surface area contributed by atoms with E-state index in [9.17, 15) is 4.79 Å². The lowest BCUT2D eigenvalue weighted by Gasteiger charge is -2.18. The number of likely N-dealkylation sites (tertiary alicyclic amines) is 1. The summed E-state index contributed by atoms with van der Waals surface area (Å²) in [6.45, 7) is 3.22. The Kier molecular flexibility index (Phi) is 3.95. The number of carbonyl (C=O) groups excluding carboxylic acids is 1. The Labute approximate surface area is 113 Å². The van der Waals surface area contributed by atoms with Gasteiger partial charge in [-0.1, -0.05) is 0 Å². The number of hydrogen-bond donors (Lipinski definition) is 1. The SMILES string of the molecule is COc1cc(C(=O)N2CC[C@@H](N)C2)cc(OC)c1C. The minimum Gasteiger partial charge on any atom is -0.496 e. The molecule has 5 nitrogen and oxygen atoms in total. The average molecular weight is 264 g/mol. The Morgan fingerprint density at radius 3 is 2.32 bits per heavy atom. The van der Waals surface area contributed by atoms with Crippen molar-refractivity contribution in [1.82, 2.24) is 4.90 Å². The molecule has 1 aliphatic heterocycles. The van der Waals surface area contributed by atoms with Crippen LogP contribution in [0.2, 0.25) is 0 Å². The van der Waals surface area contributed by atoms with Gasteiger partial charge in [-0.05, 0) is 25.5 Å². The second kappa shape index (κ2) is 5.48. The predicted octanol–water partition coefficient (Wildman–Crippen LogP) is 1.19. The van der Waals surface area contributed by atoms with Crippen molar-refractivity contribution in [2.75, 3.05) is 27.3 Å². The molecule has 0 bridgehead atoms. The summed E-state index contributed by atoms with van der Waals surface area (Å²) in [4.78, 5) is 14.2. The fourth-order valence-electron chi connectivity index (χ4n) is 2.36. The maximum Gasteiger partial charge on any atom is 0.254 e. The normalized spacial score (nSPS) is 18.5. The van der Waals surface area contributed by atoms with Crippen molar-refractivity contribution < 1.29 is 14.3 Å². The highest BCUT2D eigenvalue weighted by Gasteiger charge is 2.25. The standard InChI is InChI=1S/C14H20N2O3/c1-9-12(18-2)6-10(7-13(9)19-3)14(17)16-5-4-11(15)8-16/h6-7,11H,4-5,8,15H2,1-3H3/t11-/m1/s1. The number of hydrogen-bond acceptors (Lipinski definition) is 4. The van der Waals surface area contributed by atoms with E-state index >= 15 is 0 Å². The number of ether oxygens (including phenoxy) is 2. The highest BCUT2D eigenvalue weighted by atomic mass is 16.5. The van der Waals surface area contributed by atoms with Crippen LogP contribution in [-0.2, 0) is 0 Å². The molecular weight excluding hydrogens is 244 g/mol. The topological polar surface area (TPSA) is 64.8 Å². The Morgan fingerprint density at radius 2 is 1.89 bits per heavy atom. The second-order valence-electron chi connectivity index (χ2n) is 4.81. The third-order valence-electron chi connectivity index (χ3n) is 3.51. The summed E-state index contributed by atoms with van der Waals surface area (Å²) < 4.78 is 10.6. The van der Waals surface area contributed by atoms with Gasteiger partial charge in [0.25, 0.3) is 5.91 Å². The van der Waals surface area contributed by atoms with E-state index in [-0.39, 0.29) is 11.9 Å². The first-order valence-electron chi connectivity index (χ1n) is 6.34. The third kappa shape index (κ3) is 2.66. The lowest BCUT2D eigenvalue weighted by molar-refractivity contribution is 0.0790. The number of rotatable bonds is 3. The summed E-state index contributed by atoms with van der Waals surface area (Å²) in [7, 11) is 3.17. The molecule has 1 fully saturated rings. The highest BCUT2D eigenvalue weighted by Crippen LogP contribution is 2.30. The van der Waals surface area contributed by atoms with Gasteiger partial charge < -0.3 is 20.1 Å². The molecule has 1 aromatic rings. The summed E-state index contributed by atoms with van der Waals surface area (Å²) in [5.74, 6) is 1.29. The quantitative estimate of drug-likeness (QED) is 0.890. The van der Waals surface area contributed by atoms with Crippen molar-refractivity contribution in [1.29, 1.82) is 0 Å². The molecule has 1 aliphatic rings. The molecule has 0 unspecified atom stereocenters. The van der Waals surface area contributed by atoms with Crippen molar-refractivity contribution in [3.8, 4) is 11.5 Å². The van der Waals surface area contributed by atoms with Crippen LogP contribution in [0.15, 0.2) is 12.1 Å². The maximum absolute atomic E-state index is 12.4. The zero-order chi connectivity index (χ0) is 14.0. The molecule has 1 atom stereocenters. The fourth-order valence-corrected chi connectivity index (χ4v) is 2.36. The molecule has 2 rings (SSSR count).